The molecule has 2 aliphatic rings. The third-order valence-electron chi connectivity index (χ3n) is 5.83. The quantitative estimate of drug-likeness (QED) is 0.255. The largest absolute Gasteiger partial charge is 0.653 e. The van der Waals surface area contributed by atoms with Crippen LogP contribution in [0.2, 0.25) is 0 Å². The number of ether oxygens (including phenoxy) is 4. The predicted molar refractivity (Wildman–Crippen MR) is 129 cm³/mol. The Kier molecular flexibility index (Phi) is 8.21. The monoisotopic (exact) mass is 551 g/mol. The van der Waals surface area contributed by atoms with Crippen LogP contribution in [0.4, 0.5) is 0 Å². The molecule has 38 heavy (non-hydrogen) atoms. The predicted octanol–water partition coefficient (Wildman–Crippen LogP) is 1.29. The van der Waals surface area contributed by atoms with E-state index in [0.29, 0.717) is 5.75 Å². The topological polar surface area (TPSA) is 171 Å². The van der Waals surface area contributed by atoms with E-state index in [2.05, 4.69) is 4.98 Å². The number of rotatable bonds is 10. The number of benzene rings is 1. The van der Waals surface area contributed by atoms with E-state index in [9.17, 15) is 18.9 Å². The average molecular weight is 551 g/mol. The molecule has 2 N–H and O–H groups in total. The van der Waals surface area contributed by atoms with Crippen LogP contribution in [-0.2, 0) is 32.8 Å². The zero-order valence-corrected chi connectivity index (χ0v) is 22.0. The molecule has 3 heterocycles. The van der Waals surface area contributed by atoms with Gasteiger partial charge in [0.15, 0.2) is 29.5 Å². The molecule has 204 valence electrons. The smallest absolute Gasteiger partial charge is 0.468 e. The van der Waals surface area contributed by atoms with Gasteiger partial charge in [0, 0.05) is 12.4 Å². The fraction of sp³-hybridized carbons (Fsp3) is 0.478. The maximum Gasteiger partial charge on any atom is 0.653 e. The summed E-state index contributed by atoms with van der Waals surface area (Å²) in [6.07, 6.45) is -0.793. The van der Waals surface area contributed by atoms with Crippen LogP contribution >= 0.6 is 8.18 Å². The first-order valence-electron chi connectivity index (χ1n) is 11.6. The van der Waals surface area contributed by atoms with Gasteiger partial charge in [0.25, 0.3) is 11.5 Å². The molecule has 2 aliphatic heterocycles. The van der Waals surface area contributed by atoms with E-state index < -0.39 is 67.7 Å². The highest BCUT2D eigenvalue weighted by Gasteiger charge is 2.57. The first-order chi connectivity index (χ1) is 18.0. The molecule has 0 bridgehead atoms. The van der Waals surface area contributed by atoms with Crippen molar-refractivity contribution in [2.45, 2.75) is 57.1 Å². The van der Waals surface area contributed by atoms with Gasteiger partial charge in [-0.3, -0.25) is 19.0 Å². The number of fused-ring (bicyclic) bond motifs is 1. The first-order valence-corrected chi connectivity index (χ1v) is 12.7. The Morgan fingerprint density at radius 1 is 1.24 bits per heavy atom. The van der Waals surface area contributed by atoms with Crippen LogP contribution in [-0.4, -0.2) is 70.1 Å². The lowest BCUT2D eigenvalue weighted by atomic mass is 10.1. The van der Waals surface area contributed by atoms with Gasteiger partial charge in [-0.05, 0) is 37.5 Å². The zero-order valence-electron chi connectivity index (χ0n) is 21.1. The van der Waals surface area contributed by atoms with Crippen molar-refractivity contribution < 1.29 is 42.5 Å². The van der Waals surface area contributed by atoms with E-state index in [-0.39, 0.29) is 6.61 Å². The molecule has 6 atom stereocenters. The number of hydrogen-bond donors (Lipinski definition) is 1. The fourth-order valence-corrected chi connectivity index (χ4v) is 5.04. The maximum absolute atomic E-state index is 13.2. The van der Waals surface area contributed by atoms with Crippen LogP contribution in [0.1, 0.15) is 37.5 Å². The van der Waals surface area contributed by atoms with Crippen molar-refractivity contribution in [1.29, 1.82) is 0 Å². The van der Waals surface area contributed by atoms with Gasteiger partial charge >= 0.3 is 14.1 Å². The van der Waals surface area contributed by atoms with Crippen LogP contribution in [0.5, 0.6) is 5.75 Å². The molecule has 1 unspecified atom stereocenters. The summed E-state index contributed by atoms with van der Waals surface area (Å²) in [5.41, 5.74) is 4.04. The fourth-order valence-electron chi connectivity index (χ4n) is 4.11. The molecular weight excluding hydrogens is 523 g/mol. The minimum atomic E-state index is -2.75. The van der Waals surface area contributed by atoms with Crippen molar-refractivity contribution in [3.05, 3.63) is 58.8 Å². The highest BCUT2D eigenvalue weighted by atomic mass is 31.1. The molecule has 0 radical (unpaired) electrons. The molecule has 1 aromatic heterocycles. The van der Waals surface area contributed by atoms with Crippen LogP contribution in [0.25, 0.3) is 0 Å². The van der Waals surface area contributed by atoms with Gasteiger partial charge in [0.05, 0.1) is 7.11 Å². The highest BCUT2D eigenvalue weighted by molar-refractivity contribution is 7.36. The molecule has 0 spiro atoms. The Morgan fingerprint density at radius 2 is 1.92 bits per heavy atom. The molecule has 14 nitrogen and oxygen atoms in total. The standard InChI is InChI=1S/C23H27N4O10P/c1-13(22(30)32-4)27(37-14-8-6-5-7-9-14)38(31)33-12-15-17-18(36-23(2,3)35-17)21(34-15)26-11-10-25-16(19(24)28)20(26)29/h5-11,13,15,17-18,21H,12H2,1-4H3,(H-,24,28)/p+1/t13-,15+,17+,18+,21+/m0/s1. The Morgan fingerprint density at radius 3 is 2.58 bits per heavy atom. The van der Waals surface area contributed by atoms with Crippen molar-refractivity contribution in [1.82, 2.24) is 14.4 Å². The third-order valence-corrected chi connectivity index (χ3v) is 6.95. The summed E-state index contributed by atoms with van der Waals surface area (Å²) in [4.78, 5) is 46.9. The highest BCUT2D eigenvalue weighted by Crippen LogP contribution is 2.44. The Bertz CT molecular complexity index is 1260. The SMILES string of the molecule is COC(=O)[C@H](C)N(Oc1ccccc1)[P+](=O)OC[C@H]1O[C@@H](n2ccnc(C(N)=O)c2=O)[C@@H]2OC(C)(C)O[C@@H]21. The minimum absolute atomic E-state index is 0.280. The molecule has 4 rings (SSSR count). The second-order valence-corrected chi connectivity index (χ2v) is 10.1. The summed E-state index contributed by atoms with van der Waals surface area (Å²) in [6, 6.07) is 7.35. The summed E-state index contributed by atoms with van der Waals surface area (Å²) >= 11 is 0. The number of para-hydroxylation sites is 1. The third kappa shape index (κ3) is 5.75. The summed E-state index contributed by atoms with van der Waals surface area (Å²) in [7, 11) is -1.55. The van der Waals surface area contributed by atoms with Crippen molar-refractivity contribution in [3.63, 3.8) is 0 Å². The molecular formula is C23H28N4O10P+. The molecule has 1 aromatic carbocycles. The van der Waals surface area contributed by atoms with E-state index >= 15 is 0 Å². The van der Waals surface area contributed by atoms with E-state index in [4.69, 9.17) is 34.0 Å². The van der Waals surface area contributed by atoms with Gasteiger partial charge in [-0.15, -0.1) is 4.52 Å². The number of aromatic nitrogens is 2. The number of methoxy groups -OCH3 is 1. The first kappa shape index (κ1) is 27.8. The minimum Gasteiger partial charge on any atom is -0.468 e. The Labute approximate surface area is 218 Å². The van der Waals surface area contributed by atoms with Gasteiger partial charge in [-0.1, -0.05) is 18.2 Å². The summed E-state index contributed by atoms with van der Waals surface area (Å²) in [5, 5.41) is 0. The van der Waals surface area contributed by atoms with Crippen molar-refractivity contribution in [2.75, 3.05) is 13.7 Å². The van der Waals surface area contributed by atoms with Crippen molar-refractivity contribution >= 4 is 20.1 Å². The van der Waals surface area contributed by atoms with Crippen LogP contribution in [0.15, 0.2) is 47.5 Å². The van der Waals surface area contributed by atoms with Gasteiger partial charge in [-0.2, -0.15) is 0 Å². The number of carbonyl (C=O) groups is 2. The molecule has 2 fully saturated rings. The molecule has 2 aromatic rings. The van der Waals surface area contributed by atoms with Crippen molar-refractivity contribution in [3.8, 4) is 5.75 Å². The molecule has 1 amide bonds. The van der Waals surface area contributed by atoms with Gasteiger partial charge in [-0.25, -0.2) is 4.98 Å². The number of hydrogen-bond acceptors (Lipinski definition) is 11. The van der Waals surface area contributed by atoms with Gasteiger partial charge in [0.2, 0.25) is 0 Å². The normalized spacial score (nSPS) is 25.0. The summed E-state index contributed by atoms with van der Waals surface area (Å²) in [5.74, 6) is -2.38. The van der Waals surface area contributed by atoms with E-state index in [0.717, 1.165) is 9.40 Å². The van der Waals surface area contributed by atoms with Crippen molar-refractivity contribution in [2.24, 2.45) is 5.73 Å². The second-order valence-electron chi connectivity index (χ2n) is 8.92. The number of nitrogens with two attached hydrogens (primary N) is 1. The second kappa shape index (κ2) is 11.2. The number of carbonyl (C=O) groups excluding carboxylic acids is 2. The van der Waals surface area contributed by atoms with Crippen LogP contribution < -0.4 is 16.1 Å². The van der Waals surface area contributed by atoms with Gasteiger partial charge in [0.1, 0.15) is 29.8 Å². The van der Waals surface area contributed by atoms with E-state index in [1.54, 1.807) is 44.2 Å². The molecule has 0 aliphatic carbocycles. The molecule has 15 heteroatoms. The number of amides is 1. The molecule has 2 saturated heterocycles. The van der Waals surface area contributed by atoms with Crippen LogP contribution in [0, 0.1) is 0 Å². The summed E-state index contributed by atoms with van der Waals surface area (Å²) < 4.78 is 42.7. The number of nitrogens with zero attached hydrogens (tertiary/aromatic N) is 3. The van der Waals surface area contributed by atoms with E-state index in [1.165, 1.54) is 26.4 Å². The lowest BCUT2D eigenvalue weighted by Crippen LogP contribution is -2.38. The maximum atomic E-state index is 13.2. The average Bonchev–Trinajstić information content (AvgIpc) is 3.38. The lowest BCUT2D eigenvalue weighted by Gasteiger charge is -2.24. The summed E-state index contributed by atoms with van der Waals surface area (Å²) in [6.45, 7) is 4.56. The zero-order chi connectivity index (χ0) is 27.6. The number of hydroxylamine groups is 1. The Balaban J connectivity index is 1.54. The van der Waals surface area contributed by atoms with E-state index in [1.807, 2.05) is 0 Å². The van der Waals surface area contributed by atoms with Crippen LogP contribution in [0.3, 0.4) is 0 Å². The molecule has 0 saturated carbocycles. The van der Waals surface area contributed by atoms with Gasteiger partial charge < -0.3 is 29.5 Å². The lowest BCUT2D eigenvalue weighted by molar-refractivity contribution is -0.200. The Hall–Kier alpha value is -3.26. The number of primary amides is 1. The number of esters is 1.